The molecule has 2 aliphatic rings. The van der Waals surface area contributed by atoms with Crippen LogP contribution in [-0.4, -0.2) is 35.0 Å². The highest BCUT2D eigenvalue weighted by Gasteiger charge is 2.39. The number of alkyl halides is 1. The van der Waals surface area contributed by atoms with E-state index in [-0.39, 0.29) is 0 Å². The largest absolute Gasteiger partial charge is 0.356 e. The minimum atomic E-state index is -1.00. The molecule has 28 heavy (non-hydrogen) atoms. The first-order valence-electron chi connectivity index (χ1n) is 9.93. The average molecular weight is 386 g/mol. The Bertz CT molecular complexity index is 719. The fraction of sp³-hybridized carbons (Fsp3) is 0.522. The van der Waals surface area contributed by atoms with E-state index in [1.807, 2.05) is 19.1 Å². The molecule has 0 N–H and O–H groups in total. The molecule has 0 aromatic carbocycles. The zero-order valence-electron chi connectivity index (χ0n) is 17.3. The molecule has 1 aromatic rings. The van der Waals surface area contributed by atoms with Crippen molar-refractivity contribution in [2.24, 2.45) is 11.8 Å². The predicted molar refractivity (Wildman–Crippen MR) is 114 cm³/mol. The lowest BCUT2D eigenvalue weighted by atomic mass is 9.74. The highest BCUT2D eigenvalue weighted by atomic mass is 19.1. The van der Waals surface area contributed by atoms with Gasteiger partial charge in [-0.3, -0.25) is 0 Å². The van der Waals surface area contributed by atoms with Crippen LogP contribution in [0, 0.1) is 18.8 Å². The summed E-state index contributed by atoms with van der Waals surface area (Å²) in [6.45, 7) is 11.2. The van der Waals surface area contributed by atoms with E-state index >= 15 is 0 Å². The molecular formula is C23H32FN3O. The first-order valence-corrected chi connectivity index (χ1v) is 9.93. The molecule has 0 unspecified atom stereocenters. The third-order valence-electron chi connectivity index (χ3n) is 5.72. The van der Waals surface area contributed by atoms with Crippen molar-refractivity contribution in [1.82, 2.24) is 9.97 Å². The van der Waals surface area contributed by atoms with Gasteiger partial charge in [0.15, 0.2) is 0 Å². The standard InChI is InChI=1S/C16H21N3O.C7H11F/c1-4-5-6-15-12(2)17-11-18-16(15)19(3)14-9-13(10-14)7-8-20;1-3-7(8)4-6(2)5-7/h4-6,8,11,13-14H,1,7,9-10H2,2-3H3;3,6H,1,4-5H2,2H3/b6-5-;. The smallest absolute Gasteiger partial charge is 0.139 e. The SMILES string of the molecule is C=C/C=C\c1c(C)ncnc1N(C)C1CC(CC=O)C1.C=CC1(F)CC(C)C1. The second-order valence-corrected chi connectivity index (χ2v) is 8.05. The normalized spacial score (nSPS) is 28.4. The molecule has 0 spiro atoms. The number of aryl methyl sites for hydroxylation is 1. The maximum atomic E-state index is 12.8. The Morgan fingerprint density at radius 2 is 2.00 bits per heavy atom. The van der Waals surface area contributed by atoms with Crippen LogP contribution in [0.4, 0.5) is 10.2 Å². The Labute approximate surface area is 168 Å². The summed E-state index contributed by atoms with van der Waals surface area (Å²) in [5, 5.41) is 0. The second-order valence-electron chi connectivity index (χ2n) is 8.05. The van der Waals surface area contributed by atoms with Crippen LogP contribution in [0.15, 0.2) is 37.7 Å². The van der Waals surface area contributed by atoms with Crippen LogP contribution in [0.25, 0.3) is 6.08 Å². The summed E-state index contributed by atoms with van der Waals surface area (Å²) in [6, 6.07) is 0.463. The van der Waals surface area contributed by atoms with Crippen LogP contribution in [-0.2, 0) is 4.79 Å². The van der Waals surface area contributed by atoms with Gasteiger partial charge in [-0.25, -0.2) is 14.4 Å². The van der Waals surface area contributed by atoms with Crippen molar-refractivity contribution in [1.29, 1.82) is 0 Å². The highest BCUT2D eigenvalue weighted by Crippen LogP contribution is 2.41. The third-order valence-corrected chi connectivity index (χ3v) is 5.72. The van der Waals surface area contributed by atoms with Crippen molar-refractivity contribution in [3.63, 3.8) is 0 Å². The number of rotatable bonds is 7. The Balaban J connectivity index is 0.000000292. The Hall–Kier alpha value is -2.30. The van der Waals surface area contributed by atoms with Gasteiger partial charge in [-0.05, 0) is 50.5 Å². The van der Waals surface area contributed by atoms with Crippen molar-refractivity contribution in [2.45, 2.75) is 57.7 Å². The number of carbonyl (C=O) groups is 1. The first-order chi connectivity index (χ1) is 13.3. The molecule has 5 heteroatoms. The second kappa shape index (κ2) is 9.76. The molecule has 0 bridgehead atoms. The van der Waals surface area contributed by atoms with Crippen molar-refractivity contribution < 1.29 is 9.18 Å². The number of hydrogen-bond acceptors (Lipinski definition) is 4. The number of halogens is 1. The molecule has 0 amide bonds. The lowest BCUT2D eigenvalue weighted by Gasteiger charge is -2.41. The summed E-state index contributed by atoms with van der Waals surface area (Å²) in [7, 11) is 2.06. The van der Waals surface area contributed by atoms with Gasteiger partial charge in [0.1, 0.15) is 24.1 Å². The van der Waals surface area contributed by atoms with E-state index in [1.165, 1.54) is 6.08 Å². The Morgan fingerprint density at radius 1 is 1.32 bits per heavy atom. The zero-order valence-corrected chi connectivity index (χ0v) is 17.3. The third kappa shape index (κ3) is 5.37. The van der Waals surface area contributed by atoms with Crippen LogP contribution in [0.2, 0.25) is 0 Å². The predicted octanol–water partition coefficient (Wildman–Crippen LogP) is 5.10. The number of anilines is 1. The molecule has 2 aliphatic carbocycles. The average Bonchev–Trinajstić information content (AvgIpc) is 2.62. The van der Waals surface area contributed by atoms with Gasteiger partial charge in [0.05, 0.1) is 5.69 Å². The molecule has 0 atom stereocenters. The van der Waals surface area contributed by atoms with Gasteiger partial charge in [-0.15, -0.1) is 0 Å². The Kier molecular flexibility index (Phi) is 7.67. The number of allylic oxidation sites excluding steroid dienone is 3. The minimum Gasteiger partial charge on any atom is -0.356 e. The van der Waals surface area contributed by atoms with Crippen molar-refractivity contribution in [2.75, 3.05) is 11.9 Å². The number of nitrogens with zero attached hydrogens (tertiary/aromatic N) is 3. The van der Waals surface area contributed by atoms with E-state index in [9.17, 15) is 9.18 Å². The lowest BCUT2D eigenvalue weighted by Crippen LogP contribution is -2.43. The van der Waals surface area contributed by atoms with E-state index in [4.69, 9.17) is 0 Å². The van der Waals surface area contributed by atoms with Crippen LogP contribution < -0.4 is 4.90 Å². The van der Waals surface area contributed by atoms with Gasteiger partial charge in [-0.2, -0.15) is 0 Å². The maximum absolute atomic E-state index is 12.8. The Morgan fingerprint density at radius 3 is 2.50 bits per heavy atom. The summed E-state index contributed by atoms with van der Waals surface area (Å²) in [6.07, 6.45) is 13.8. The molecular weight excluding hydrogens is 353 g/mol. The molecule has 2 fully saturated rings. The van der Waals surface area contributed by atoms with E-state index in [2.05, 4.69) is 42.0 Å². The van der Waals surface area contributed by atoms with E-state index in [0.29, 0.717) is 37.1 Å². The van der Waals surface area contributed by atoms with Gasteiger partial charge < -0.3 is 9.69 Å². The number of aromatic nitrogens is 2. The zero-order chi connectivity index (χ0) is 20.7. The van der Waals surface area contributed by atoms with Crippen molar-refractivity contribution >= 4 is 18.2 Å². The summed E-state index contributed by atoms with van der Waals surface area (Å²) in [5.41, 5.74) is 0.997. The maximum Gasteiger partial charge on any atom is 0.139 e. The summed E-state index contributed by atoms with van der Waals surface area (Å²) in [4.78, 5) is 21.4. The van der Waals surface area contributed by atoms with Crippen LogP contribution in [0.3, 0.4) is 0 Å². The number of aldehydes is 1. The summed E-state index contributed by atoms with van der Waals surface area (Å²) < 4.78 is 12.8. The molecule has 2 saturated carbocycles. The molecule has 0 aliphatic heterocycles. The van der Waals surface area contributed by atoms with Gasteiger partial charge in [0, 0.05) is 25.1 Å². The van der Waals surface area contributed by atoms with Gasteiger partial charge in [-0.1, -0.05) is 38.3 Å². The minimum absolute atomic E-state index is 0.463. The lowest BCUT2D eigenvalue weighted by molar-refractivity contribution is -0.109. The number of carbonyl (C=O) groups excluding carboxylic acids is 1. The molecule has 0 saturated heterocycles. The van der Waals surface area contributed by atoms with Crippen molar-refractivity contribution in [3.05, 3.63) is 49.0 Å². The highest BCUT2D eigenvalue weighted by molar-refractivity contribution is 5.66. The monoisotopic (exact) mass is 385 g/mol. The van der Waals surface area contributed by atoms with Crippen LogP contribution >= 0.6 is 0 Å². The molecule has 3 rings (SSSR count). The summed E-state index contributed by atoms with van der Waals surface area (Å²) in [5.74, 6) is 2.05. The summed E-state index contributed by atoms with van der Waals surface area (Å²) >= 11 is 0. The molecule has 1 heterocycles. The number of hydrogen-bond donors (Lipinski definition) is 0. The van der Waals surface area contributed by atoms with E-state index in [0.717, 1.165) is 36.2 Å². The quantitative estimate of drug-likeness (QED) is 0.372. The fourth-order valence-corrected chi connectivity index (χ4v) is 3.90. The van der Waals surface area contributed by atoms with Crippen molar-refractivity contribution in [3.8, 4) is 0 Å². The molecule has 152 valence electrons. The molecule has 4 nitrogen and oxygen atoms in total. The van der Waals surface area contributed by atoms with Gasteiger partial charge in [0.2, 0.25) is 0 Å². The topological polar surface area (TPSA) is 46.1 Å². The van der Waals surface area contributed by atoms with Gasteiger partial charge >= 0.3 is 0 Å². The molecule has 0 radical (unpaired) electrons. The molecule has 1 aromatic heterocycles. The van der Waals surface area contributed by atoms with E-state index < -0.39 is 5.67 Å². The van der Waals surface area contributed by atoms with E-state index in [1.54, 1.807) is 12.4 Å². The van der Waals surface area contributed by atoms with Crippen LogP contribution in [0.5, 0.6) is 0 Å². The van der Waals surface area contributed by atoms with Gasteiger partial charge in [0.25, 0.3) is 0 Å². The van der Waals surface area contributed by atoms with Crippen LogP contribution in [0.1, 0.15) is 50.3 Å². The fourth-order valence-electron chi connectivity index (χ4n) is 3.90. The first kappa shape index (κ1) is 22.0.